The first-order valence-corrected chi connectivity index (χ1v) is 5.66. The Morgan fingerprint density at radius 2 is 2.23 bits per heavy atom. The minimum absolute atomic E-state index is 0.0325. The molecule has 70 valence electrons. The number of rotatable bonds is 0. The van der Waals surface area contributed by atoms with Gasteiger partial charge >= 0.3 is 0 Å². The molecule has 0 radical (unpaired) electrons. The molecule has 1 aliphatic rings. The summed E-state index contributed by atoms with van der Waals surface area (Å²) in [4.78, 5) is 0.726. The van der Waals surface area contributed by atoms with Gasteiger partial charge in [0.25, 0.3) is 0 Å². The molecule has 2 rings (SSSR count). The Morgan fingerprint density at radius 3 is 2.85 bits per heavy atom. The van der Waals surface area contributed by atoms with Gasteiger partial charge in [-0.1, -0.05) is 23.7 Å². The van der Waals surface area contributed by atoms with Crippen LogP contribution in [0, 0.1) is 0 Å². The molecule has 0 fully saturated rings. The second-order valence-electron chi connectivity index (χ2n) is 3.19. The lowest BCUT2D eigenvalue weighted by Crippen LogP contribution is -2.19. The van der Waals surface area contributed by atoms with Crippen molar-refractivity contribution in [3.05, 3.63) is 28.8 Å². The van der Waals surface area contributed by atoms with Crippen molar-refractivity contribution in [1.29, 1.82) is 0 Å². The lowest BCUT2D eigenvalue weighted by Gasteiger charge is -2.06. The number of fused-ring (bicyclic) bond motifs is 1. The molecule has 0 saturated carbocycles. The Hall–Kier alpha value is -0.380. The van der Waals surface area contributed by atoms with Crippen LogP contribution in [0.2, 0.25) is 5.02 Å². The van der Waals surface area contributed by atoms with Crippen molar-refractivity contribution < 1.29 is 4.21 Å². The lowest BCUT2D eigenvalue weighted by atomic mass is 10.1. The molecule has 0 aromatic heterocycles. The van der Waals surface area contributed by atoms with Gasteiger partial charge < -0.3 is 5.73 Å². The summed E-state index contributed by atoms with van der Waals surface area (Å²) in [7, 11) is -1.04. The van der Waals surface area contributed by atoms with E-state index in [-0.39, 0.29) is 11.3 Å². The SMILES string of the molecule is CC1C(N)c2cccc(Cl)c2S1=O. The van der Waals surface area contributed by atoms with Crippen molar-refractivity contribution >= 4 is 22.4 Å². The van der Waals surface area contributed by atoms with Crippen LogP contribution in [0.3, 0.4) is 0 Å². The van der Waals surface area contributed by atoms with Gasteiger partial charge in [-0.15, -0.1) is 0 Å². The molecule has 13 heavy (non-hydrogen) atoms. The number of hydrogen-bond acceptors (Lipinski definition) is 2. The van der Waals surface area contributed by atoms with Gasteiger partial charge in [-0.2, -0.15) is 0 Å². The normalized spacial score (nSPS) is 31.8. The summed E-state index contributed by atoms with van der Waals surface area (Å²) in [5.74, 6) is 0. The number of nitrogens with two attached hydrogens (primary N) is 1. The zero-order chi connectivity index (χ0) is 9.59. The fraction of sp³-hybridized carbons (Fsp3) is 0.333. The van der Waals surface area contributed by atoms with E-state index in [1.807, 2.05) is 19.1 Å². The van der Waals surface area contributed by atoms with Crippen LogP contribution >= 0.6 is 11.6 Å². The Labute approximate surface area is 84.5 Å². The first kappa shape index (κ1) is 9.19. The highest BCUT2D eigenvalue weighted by atomic mass is 35.5. The number of halogens is 1. The topological polar surface area (TPSA) is 43.1 Å². The van der Waals surface area contributed by atoms with Gasteiger partial charge in [0.15, 0.2) is 0 Å². The molecule has 2 nitrogen and oxygen atoms in total. The first-order valence-electron chi connectivity index (χ1n) is 4.07. The van der Waals surface area contributed by atoms with E-state index < -0.39 is 10.8 Å². The Balaban J connectivity index is 2.66. The molecule has 1 heterocycles. The summed E-state index contributed by atoms with van der Waals surface area (Å²) in [6.45, 7) is 1.89. The highest BCUT2D eigenvalue weighted by molar-refractivity contribution is 7.86. The van der Waals surface area contributed by atoms with Gasteiger partial charge in [0.1, 0.15) is 0 Å². The summed E-state index contributed by atoms with van der Waals surface area (Å²) < 4.78 is 11.8. The molecule has 1 aromatic rings. The summed E-state index contributed by atoms with van der Waals surface area (Å²) >= 11 is 5.95. The average molecular weight is 216 g/mol. The summed E-state index contributed by atoms with van der Waals surface area (Å²) in [5.41, 5.74) is 6.83. The van der Waals surface area contributed by atoms with E-state index in [4.69, 9.17) is 17.3 Å². The Bertz CT molecular complexity index is 380. The van der Waals surface area contributed by atoms with Crippen molar-refractivity contribution in [1.82, 2.24) is 0 Å². The predicted molar refractivity (Wildman–Crippen MR) is 54.3 cm³/mol. The van der Waals surface area contributed by atoms with Gasteiger partial charge in [0.2, 0.25) is 0 Å². The van der Waals surface area contributed by atoms with Gasteiger partial charge in [0, 0.05) is 6.04 Å². The number of hydrogen-bond donors (Lipinski definition) is 1. The largest absolute Gasteiger partial charge is 0.323 e. The van der Waals surface area contributed by atoms with E-state index in [9.17, 15) is 4.21 Å². The molecular formula is C9H10ClNOS. The number of benzene rings is 1. The summed E-state index contributed by atoms with van der Waals surface area (Å²) in [5, 5.41) is 0.533. The van der Waals surface area contributed by atoms with Crippen molar-refractivity contribution in [2.24, 2.45) is 5.73 Å². The Kier molecular flexibility index (Phi) is 2.18. The third-order valence-electron chi connectivity index (χ3n) is 2.40. The van der Waals surface area contributed by atoms with Crippen molar-refractivity contribution in [2.75, 3.05) is 0 Å². The molecule has 4 heteroatoms. The molecular weight excluding hydrogens is 206 g/mol. The van der Waals surface area contributed by atoms with Crippen LogP contribution in [0.15, 0.2) is 23.1 Å². The molecule has 0 aliphatic carbocycles. The Morgan fingerprint density at radius 1 is 1.54 bits per heavy atom. The molecule has 3 unspecified atom stereocenters. The van der Waals surface area contributed by atoms with Crippen LogP contribution in [-0.2, 0) is 10.8 Å². The molecule has 0 amide bonds. The van der Waals surface area contributed by atoms with Gasteiger partial charge in [-0.05, 0) is 18.6 Å². The van der Waals surface area contributed by atoms with Crippen molar-refractivity contribution in [3.63, 3.8) is 0 Å². The average Bonchev–Trinajstić information content (AvgIpc) is 2.33. The van der Waals surface area contributed by atoms with E-state index in [1.54, 1.807) is 6.07 Å². The van der Waals surface area contributed by atoms with Crippen LogP contribution in [0.1, 0.15) is 18.5 Å². The van der Waals surface area contributed by atoms with E-state index in [1.165, 1.54) is 0 Å². The third-order valence-corrected chi connectivity index (χ3v) is 4.65. The van der Waals surface area contributed by atoms with Gasteiger partial charge in [-0.25, -0.2) is 0 Å². The molecule has 1 aromatic carbocycles. The van der Waals surface area contributed by atoms with E-state index in [2.05, 4.69) is 0 Å². The lowest BCUT2D eigenvalue weighted by molar-refractivity contribution is 0.662. The van der Waals surface area contributed by atoms with Crippen LogP contribution in [0.25, 0.3) is 0 Å². The predicted octanol–water partition coefficient (Wildman–Crippen LogP) is 1.85. The minimum Gasteiger partial charge on any atom is -0.323 e. The monoisotopic (exact) mass is 215 g/mol. The first-order chi connectivity index (χ1) is 6.13. The van der Waals surface area contributed by atoms with E-state index >= 15 is 0 Å². The van der Waals surface area contributed by atoms with E-state index in [0.717, 1.165) is 10.5 Å². The second-order valence-corrected chi connectivity index (χ2v) is 5.34. The molecule has 3 atom stereocenters. The highest BCUT2D eigenvalue weighted by Crippen LogP contribution is 2.38. The standard InChI is InChI=1S/C9H10ClNOS/c1-5-8(11)6-3-2-4-7(10)9(6)13(5)12/h2-5,8H,11H2,1H3. The minimum atomic E-state index is -1.04. The van der Waals surface area contributed by atoms with Crippen molar-refractivity contribution in [3.8, 4) is 0 Å². The quantitative estimate of drug-likeness (QED) is 0.718. The molecule has 0 bridgehead atoms. The maximum atomic E-state index is 11.8. The van der Waals surface area contributed by atoms with Crippen LogP contribution in [0.5, 0.6) is 0 Å². The molecule has 2 N–H and O–H groups in total. The van der Waals surface area contributed by atoms with Crippen LogP contribution in [0.4, 0.5) is 0 Å². The zero-order valence-corrected chi connectivity index (χ0v) is 8.73. The smallest absolute Gasteiger partial charge is 0.0625 e. The summed E-state index contributed by atoms with van der Waals surface area (Å²) in [6, 6.07) is 5.35. The fourth-order valence-electron chi connectivity index (χ4n) is 1.57. The summed E-state index contributed by atoms with van der Waals surface area (Å²) in [6.07, 6.45) is 0. The van der Waals surface area contributed by atoms with Crippen molar-refractivity contribution in [2.45, 2.75) is 23.1 Å². The van der Waals surface area contributed by atoms with Gasteiger partial charge in [-0.3, -0.25) is 4.21 Å². The van der Waals surface area contributed by atoms with Crippen LogP contribution in [-0.4, -0.2) is 9.46 Å². The van der Waals surface area contributed by atoms with Crippen LogP contribution < -0.4 is 5.73 Å². The fourth-order valence-corrected chi connectivity index (χ4v) is 3.46. The van der Waals surface area contributed by atoms with Gasteiger partial charge in [0.05, 0.1) is 26.0 Å². The highest BCUT2D eigenvalue weighted by Gasteiger charge is 2.34. The maximum Gasteiger partial charge on any atom is 0.0625 e. The third kappa shape index (κ3) is 1.23. The molecule has 1 aliphatic heterocycles. The van der Waals surface area contributed by atoms with E-state index in [0.29, 0.717) is 5.02 Å². The molecule has 0 spiro atoms. The molecule has 0 saturated heterocycles. The second kappa shape index (κ2) is 3.08. The maximum absolute atomic E-state index is 11.8. The zero-order valence-electron chi connectivity index (χ0n) is 7.16.